The van der Waals surface area contributed by atoms with Crippen LogP contribution in [-0.2, 0) is 11.3 Å². The van der Waals surface area contributed by atoms with E-state index < -0.39 is 0 Å². The molecule has 1 unspecified atom stereocenters. The Morgan fingerprint density at radius 3 is 3.06 bits per heavy atom. The van der Waals surface area contributed by atoms with Crippen molar-refractivity contribution in [2.75, 3.05) is 13.1 Å². The van der Waals surface area contributed by atoms with Crippen molar-refractivity contribution < 1.29 is 9.13 Å². The number of piperidine rings is 1. The van der Waals surface area contributed by atoms with Crippen LogP contribution in [0.2, 0.25) is 0 Å². The second kappa shape index (κ2) is 5.47. The summed E-state index contributed by atoms with van der Waals surface area (Å²) in [7, 11) is 0. The summed E-state index contributed by atoms with van der Waals surface area (Å²) in [6, 6.07) is 6.23. The molecule has 0 spiro atoms. The largest absolute Gasteiger partial charge is 0.369 e. The highest BCUT2D eigenvalue weighted by Crippen LogP contribution is 2.23. The lowest BCUT2D eigenvalue weighted by atomic mass is 9.96. The standard InChI is InChI=1S/C14H17FN2O/c1-14(5-2-6-17-10-14)18-9-12-7-13(15)4-3-11(12)8-16/h3-4,7,17H,2,5-6,9-10H2,1H3. The normalized spacial score (nSPS) is 23.6. The van der Waals surface area contributed by atoms with Gasteiger partial charge in [0.05, 0.1) is 23.8 Å². The van der Waals surface area contributed by atoms with Crippen LogP contribution in [0.5, 0.6) is 0 Å². The lowest BCUT2D eigenvalue weighted by Gasteiger charge is -2.34. The average Bonchev–Trinajstić information content (AvgIpc) is 2.38. The second-order valence-corrected chi connectivity index (χ2v) is 4.93. The predicted octanol–water partition coefficient (Wildman–Crippen LogP) is 2.36. The quantitative estimate of drug-likeness (QED) is 0.893. The zero-order valence-corrected chi connectivity index (χ0v) is 10.5. The molecule has 0 saturated carbocycles. The third-order valence-corrected chi connectivity index (χ3v) is 3.32. The smallest absolute Gasteiger partial charge is 0.123 e. The lowest BCUT2D eigenvalue weighted by Crippen LogP contribution is -2.45. The van der Waals surface area contributed by atoms with Crippen LogP contribution < -0.4 is 5.32 Å². The molecule has 0 bridgehead atoms. The number of nitriles is 1. The Balaban J connectivity index is 2.05. The van der Waals surface area contributed by atoms with Crippen molar-refractivity contribution in [3.05, 3.63) is 35.1 Å². The number of halogens is 1. The molecule has 0 aliphatic carbocycles. The molecule has 1 aromatic carbocycles. The maximum atomic E-state index is 13.2. The van der Waals surface area contributed by atoms with E-state index in [0.717, 1.165) is 25.9 Å². The van der Waals surface area contributed by atoms with Gasteiger partial charge in [-0.3, -0.25) is 0 Å². The fourth-order valence-electron chi connectivity index (χ4n) is 2.19. The van der Waals surface area contributed by atoms with Gasteiger partial charge in [-0.1, -0.05) is 0 Å². The van der Waals surface area contributed by atoms with Crippen molar-refractivity contribution >= 4 is 0 Å². The molecule has 18 heavy (non-hydrogen) atoms. The van der Waals surface area contributed by atoms with Crippen LogP contribution in [0.15, 0.2) is 18.2 Å². The van der Waals surface area contributed by atoms with E-state index in [4.69, 9.17) is 10.00 Å². The van der Waals surface area contributed by atoms with Gasteiger partial charge in [-0.2, -0.15) is 5.26 Å². The molecule has 1 aliphatic heterocycles. The Morgan fingerprint density at radius 2 is 2.39 bits per heavy atom. The van der Waals surface area contributed by atoms with Gasteiger partial charge in [-0.25, -0.2) is 4.39 Å². The number of nitrogens with one attached hydrogen (secondary N) is 1. The maximum Gasteiger partial charge on any atom is 0.123 e. The van der Waals surface area contributed by atoms with Crippen molar-refractivity contribution in [2.45, 2.75) is 32.0 Å². The van der Waals surface area contributed by atoms with Gasteiger partial charge >= 0.3 is 0 Å². The highest BCUT2D eigenvalue weighted by molar-refractivity contribution is 5.37. The van der Waals surface area contributed by atoms with Crippen LogP contribution in [0.1, 0.15) is 30.9 Å². The van der Waals surface area contributed by atoms with Crippen molar-refractivity contribution in [3.63, 3.8) is 0 Å². The van der Waals surface area contributed by atoms with E-state index in [9.17, 15) is 4.39 Å². The lowest BCUT2D eigenvalue weighted by molar-refractivity contribution is -0.0572. The minimum absolute atomic E-state index is 0.225. The Hall–Kier alpha value is -1.44. The Morgan fingerprint density at radius 1 is 1.56 bits per heavy atom. The van der Waals surface area contributed by atoms with E-state index >= 15 is 0 Å². The SMILES string of the molecule is CC1(OCc2cc(F)ccc2C#N)CCCNC1. The van der Waals surface area contributed by atoms with E-state index in [0.29, 0.717) is 11.1 Å². The summed E-state index contributed by atoms with van der Waals surface area (Å²) in [5.41, 5.74) is 0.866. The predicted molar refractivity (Wildman–Crippen MR) is 66.4 cm³/mol. The Kier molecular flexibility index (Phi) is 3.95. The van der Waals surface area contributed by atoms with Gasteiger partial charge in [0.15, 0.2) is 0 Å². The molecule has 0 radical (unpaired) electrons. The maximum absolute atomic E-state index is 13.2. The highest BCUT2D eigenvalue weighted by atomic mass is 19.1. The molecule has 1 saturated heterocycles. The molecular weight excluding hydrogens is 231 g/mol. The molecule has 1 N–H and O–H groups in total. The first kappa shape index (κ1) is 13.0. The molecular formula is C14H17FN2O. The second-order valence-electron chi connectivity index (χ2n) is 4.93. The molecule has 0 aromatic heterocycles. The van der Waals surface area contributed by atoms with Crippen molar-refractivity contribution in [3.8, 4) is 6.07 Å². The molecule has 1 heterocycles. The van der Waals surface area contributed by atoms with Gasteiger partial charge in [-0.05, 0) is 50.1 Å². The highest BCUT2D eigenvalue weighted by Gasteiger charge is 2.27. The zero-order valence-electron chi connectivity index (χ0n) is 10.5. The fraction of sp³-hybridized carbons (Fsp3) is 0.500. The van der Waals surface area contributed by atoms with Gasteiger partial charge in [0.2, 0.25) is 0 Å². The van der Waals surface area contributed by atoms with Crippen LogP contribution in [0.3, 0.4) is 0 Å². The van der Waals surface area contributed by atoms with E-state index in [-0.39, 0.29) is 18.0 Å². The van der Waals surface area contributed by atoms with Crippen LogP contribution in [0.25, 0.3) is 0 Å². The van der Waals surface area contributed by atoms with Crippen LogP contribution in [0.4, 0.5) is 4.39 Å². The molecule has 2 rings (SSSR count). The molecule has 3 nitrogen and oxygen atoms in total. The van der Waals surface area contributed by atoms with Crippen molar-refractivity contribution in [1.82, 2.24) is 5.32 Å². The third-order valence-electron chi connectivity index (χ3n) is 3.32. The summed E-state index contributed by atoms with van der Waals surface area (Å²) in [6.45, 7) is 4.13. The zero-order chi connectivity index (χ0) is 13.0. The van der Waals surface area contributed by atoms with Gasteiger partial charge in [0.25, 0.3) is 0 Å². The van der Waals surface area contributed by atoms with Gasteiger partial charge in [0.1, 0.15) is 5.82 Å². The Labute approximate surface area is 107 Å². The van der Waals surface area contributed by atoms with Gasteiger partial charge < -0.3 is 10.1 Å². The van der Waals surface area contributed by atoms with E-state index in [1.807, 2.05) is 6.92 Å². The summed E-state index contributed by atoms with van der Waals surface area (Å²) in [5.74, 6) is -0.334. The molecule has 1 aliphatic rings. The summed E-state index contributed by atoms with van der Waals surface area (Å²) in [4.78, 5) is 0. The van der Waals surface area contributed by atoms with Crippen LogP contribution >= 0.6 is 0 Å². The number of benzene rings is 1. The van der Waals surface area contributed by atoms with E-state index in [1.165, 1.54) is 18.2 Å². The molecule has 1 fully saturated rings. The molecule has 0 amide bonds. The first-order chi connectivity index (χ1) is 8.63. The number of hydrogen-bond donors (Lipinski definition) is 1. The van der Waals surface area contributed by atoms with Crippen molar-refractivity contribution in [2.24, 2.45) is 0 Å². The minimum Gasteiger partial charge on any atom is -0.369 e. The van der Waals surface area contributed by atoms with Crippen molar-refractivity contribution in [1.29, 1.82) is 5.26 Å². The van der Waals surface area contributed by atoms with Gasteiger partial charge in [-0.15, -0.1) is 0 Å². The molecule has 1 atom stereocenters. The monoisotopic (exact) mass is 248 g/mol. The number of ether oxygens (including phenoxy) is 1. The first-order valence-electron chi connectivity index (χ1n) is 6.16. The Bertz CT molecular complexity index is 461. The van der Waals surface area contributed by atoms with Crippen LogP contribution in [-0.4, -0.2) is 18.7 Å². The molecule has 1 aromatic rings. The third kappa shape index (κ3) is 3.06. The summed E-state index contributed by atoms with van der Waals surface area (Å²) in [5, 5.41) is 12.3. The summed E-state index contributed by atoms with van der Waals surface area (Å²) >= 11 is 0. The minimum atomic E-state index is -0.334. The summed E-state index contributed by atoms with van der Waals surface area (Å²) < 4.78 is 19.0. The van der Waals surface area contributed by atoms with Gasteiger partial charge in [0, 0.05) is 6.54 Å². The number of nitrogens with zero attached hydrogens (tertiary/aromatic N) is 1. The van der Waals surface area contributed by atoms with E-state index in [2.05, 4.69) is 11.4 Å². The topological polar surface area (TPSA) is 45.0 Å². The number of hydrogen-bond acceptors (Lipinski definition) is 3. The average molecular weight is 248 g/mol. The first-order valence-corrected chi connectivity index (χ1v) is 6.16. The van der Waals surface area contributed by atoms with E-state index in [1.54, 1.807) is 0 Å². The molecule has 96 valence electrons. The fourth-order valence-corrected chi connectivity index (χ4v) is 2.19. The van der Waals surface area contributed by atoms with Crippen LogP contribution in [0, 0.1) is 17.1 Å². The number of rotatable bonds is 3. The summed E-state index contributed by atoms with van der Waals surface area (Å²) in [6.07, 6.45) is 2.06. The molecule has 4 heteroatoms.